The van der Waals surface area contributed by atoms with E-state index >= 15 is 0 Å². The molecule has 7 heteroatoms. The van der Waals surface area contributed by atoms with Crippen molar-refractivity contribution in [2.45, 2.75) is 25.8 Å². The van der Waals surface area contributed by atoms with Crippen molar-refractivity contribution in [3.63, 3.8) is 0 Å². The lowest BCUT2D eigenvalue weighted by atomic mass is 10.1. The Morgan fingerprint density at radius 1 is 1.06 bits per heavy atom. The van der Waals surface area contributed by atoms with Gasteiger partial charge in [-0.05, 0) is 49.7 Å². The Hall–Kier alpha value is -3.32. The molecular formula is C24H27N5O2. The van der Waals surface area contributed by atoms with Crippen LogP contribution < -0.4 is 10.9 Å². The first-order chi connectivity index (χ1) is 15.1. The molecule has 0 radical (unpaired) electrons. The molecule has 0 aliphatic carbocycles. The number of hydrogen-bond acceptors (Lipinski definition) is 6. The molecule has 160 valence electrons. The summed E-state index contributed by atoms with van der Waals surface area (Å²) >= 11 is 0. The van der Waals surface area contributed by atoms with Gasteiger partial charge < -0.3 is 5.32 Å². The molecule has 0 bridgehead atoms. The fourth-order valence-corrected chi connectivity index (χ4v) is 3.85. The van der Waals surface area contributed by atoms with Crippen LogP contribution in [0.25, 0.3) is 11.3 Å². The van der Waals surface area contributed by atoms with Gasteiger partial charge in [0.05, 0.1) is 12.2 Å². The number of benzene rings is 1. The van der Waals surface area contributed by atoms with Crippen LogP contribution >= 0.6 is 0 Å². The first kappa shape index (κ1) is 20.9. The fraction of sp³-hybridized carbons (Fsp3) is 0.333. The van der Waals surface area contributed by atoms with Gasteiger partial charge in [0.15, 0.2) is 5.78 Å². The average Bonchev–Trinajstić information content (AvgIpc) is 2.81. The maximum atomic E-state index is 12.8. The van der Waals surface area contributed by atoms with E-state index in [0.717, 1.165) is 30.8 Å². The summed E-state index contributed by atoms with van der Waals surface area (Å²) in [7, 11) is 1.64. The summed E-state index contributed by atoms with van der Waals surface area (Å²) in [4.78, 5) is 36.1. The molecule has 1 aromatic carbocycles. The minimum Gasteiger partial charge on any atom is -0.348 e. The number of piperidine rings is 1. The molecule has 3 heterocycles. The van der Waals surface area contributed by atoms with Gasteiger partial charge in [-0.2, -0.15) is 0 Å². The highest BCUT2D eigenvalue weighted by molar-refractivity contribution is 5.99. The summed E-state index contributed by atoms with van der Waals surface area (Å²) in [5, 5.41) is 3.04. The van der Waals surface area contributed by atoms with E-state index in [1.165, 1.54) is 29.9 Å². The number of carbonyl (C=O) groups is 1. The number of pyridine rings is 1. The van der Waals surface area contributed by atoms with Crippen LogP contribution in [0, 0.1) is 0 Å². The Morgan fingerprint density at radius 2 is 1.84 bits per heavy atom. The van der Waals surface area contributed by atoms with E-state index in [0.29, 0.717) is 17.2 Å². The van der Waals surface area contributed by atoms with Gasteiger partial charge in [-0.3, -0.25) is 24.0 Å². The van der Waals surface area contributed by atoms with Crippen molar-refractivity contribution in [2.75, 3.05) is 25.0 Å². The standard InChI is InChI=1S/C24H27N5O2/c1-28-23(31)15-21(19-8-10-25-11-9-19)27-24(28)26-16-22(30)20-7-5-6-18(14-20)17-29-12-3-2-4-13-29/h5-11,14-15H,2-4,12-13,16-17H2,1H3,(H,26,27). The second-order valence-electron chi connectivity index (χ2n) is 7.91. The van der Waals surface area contributed by atoms with Gasteiger partial charge >= 0.3 is 0 Å². The number of nitrogens with one attached hydrogen (secondary N) is 1. The Kier molecular flexibility index (Phi) is 6.52. The first-order valence-electron chi connectivity index (χ1n) is 10.7. The second kappa shape index (κ2) is 9.66. The summed E-state index contributed by atoms with van der Waals surface area (Å²) in [6, 6.07) is 12.9. The van der Waals surface area contributed by atoms with Crippen LogP contribution in [0.4, 0.5) is 5.95 Å². The van der Waals surface area contributed by atoms with Crippen LogP contribution in [-0.2, 0) is 13.6 Å². The fourth-order valence-electron chi connectivity index (χ4n) is 3.85. The van der Waals surface area contributed by atoms with Crippen LogP contribution in [0.15, 0.2) is 59.7 Å². The van der Waals surface area contributed by atoms with Crippen molar-refractivity contribution >= 4 is 11.7 Å². The number of carbonyl (C=O) groups excluding carboxylic acids is 1. The van der Waals surface area contributed by atoms with Gasteiger partial charge in [-0.1, -0.05) is 24.6 Å². The predicted molar refractivity (Wildman–Crippen MR) is 121 cm³/mol. The monoisotopic (exact) mass is 417 g/mol. The number of aromatic nitrogens is 3. The highest BCUT2D eigenvalue weighted by atomic mass is 16.1. The molecule has 1 saturated heterocycles. The summed E-state index contributed by atoms with van der Waals surface area (Å²) in [6.45, 7) is 3.17. The van der Waals surface area contributed by atoms with Crippen LogP contribution in [-0.4, -0.2) is 44.9 Å². The molecule has 0 atom stereocenters. The van der Waals surface area contributed by atoms with E-state index in [9.17, 15) is 9.59 Å². The van der Waals surface area contributed by atoms with Gasteiger partial charge in [0.2, 0.25) is 5.95 Å². The van der Waals surface area contributed by atoms with E-state index in [-0.39, 0.29) is 17.9 Å². The topological polar surface area (TPSA) is 80.1 Å². The van der Waals surface area contributed by atoms with Crippen LogP contribution in [0.1, 0.15) is 35.2 Å². The van der Waals surface area contributed by atoms with Gasteiger partial charge in [0, 0.05) is 43.2 Å². The number of likely N-dealkylation sites (tertiary alicyclic amines) is 1. The minimum atomic E-state index is -0.194. The minimum absolute atomic E-state index is 0.0379. The Balaban J connectivity index is 1.46. The molecule has 1 N–H and O–H groups in total. The average molecular weight is 418 g/mol. The third kappa shape index (κ3) is 5.24. The zero-order valence-electron chi connectivity index (χ0n) is 17.8. The highest BCUT2D eigenvalue weighted by Gasteiger charge is 2.13. The molecule has 31 heavy (non-hydrogen) atoms. The van der Waals surface area contributed by atoms with Crippen LogP contribution in [0.3, 0.4) is 0 Å². The molecule has 0 amide bonds. The van der Waals surface area contributed by atoms with E-state index in [4.69, 9.17) is 0 Å². The van der Waals surface area contributed by atoms with E-state index in [2.05, 4.69) is 26.3 Å². The smallest absolute Gasteiger partial charge is 0.255 e. The van der Waals surface area contributed by atoms with Gasteiger partial charge in [0.1, 0.15) is 0 Å². The maximum absolute atomic E-state index is 12.8. The van der Waals surface area contributed by atoms with Gasteiger partial charge in [-0.15, -0.1) is 0 Å². The highest BCUT2D eigenvalue weighted by Crippen LogP contribution is 2.17. The SMILES string of the molecule is Cn1c(NCC(=O)c2cccc(CN3CCCCC3)c2)nc(-c2ccncc2)cc1=O. The van der Waals surface area contributed by atoms with Crippen molar-refractivity contribution in [3.8, 4) is 11.3 Å². The zero-order chi connectivity index (χ0) is 21.6. The largest absolute Gasteiger partial charge is 0.348 e. The van der Waals surface area contributed by atoms with Crippen molar-refractivity contribution in [1.82, 2.24) is 19.4 Å². The van der Waals surface area contributed by atoms with Crippen molar-refractivity contribution < 1.29 is 4.79 Å². The molecule has 7 nitrogen and oxygen atoms in total. The van der Waals surface area contributed by atoms with Gasteiger partial charge in [-0.25, -0.2) is 4.98 Å². The molecular weight excluding hydrogens is 390 g/mol. The van der Waals surface area contributed by atoms with E-state index in [1.54, 1.807) is 31.6 Å². The number of rotatable bonds is 7. The van der Waals surface area contributed by atoms with Crippen molar-refractivity contribution in [2.24, 2.45) is 7.05 Å². The number of hydrogen-bond donors (Lipinski definition) is 1. The lowest BCUT2D eigenvalue weighted by Gasteiger charge is -2.26. The van der Waals surface area contributed by atoms with Crippen LogP contribution in [0.2, 0.25) is 0 Å². The van der Waals surface area contributed by atoms with E-state index in [1.807, 2.05) is 18.2 Å². The molecule has 3 aromatic rings. The molecule has 0 saturated carbocycles. The molecule has 1 aliphatic rings. The normalized spacial score (nSPS) is 14.4. The zero-order valence-corrected chi connectivity index (χ0v) is 17.8. The molecule has 0 spiro atoms. The van der Waals surface area contributed by atoms with Crippen molar-refractivity contribution in [3.05, 3.63) is 76.3 Å². The number of anilines is 1. The molecule has 2 aromatic heterocycles. The lowest BCUT2D eigenvalue weighted by molar-refractivity contribution is 0.101. The number of ketones is 1. The van der Waals surface area contributed by atoms with E-state index < -0.39 is 0 Å². The van der Waals surface area contributed by atoms with Crippen LogP contribution in [0.5, 0.6) is 0 Å². The summed E-state index contributed by atoms with van der Waals surface area (Å²) < 4.78 is 1.41. The first-order valence-corrected chi connectivity index (χ1v) is 10.7. The predicted octanol–water partition coefficient (Wildman–Crippen LogP) is 3.12. The quantitative estimate of drug-likeness (QED) is 0.595. The number of Topliss-reactive ketones (excluding diaryl/α,β-unsaturated/α-hetero) is 1. The third-order valence-corrected chi connectivity index (χ3v) is 5.62. The Morgan fingerprint density at radius 3 is 2.61 bits per heavy atom. The lowest BCUT2D eigenvalue weighted by Crippen LogP contribution is -2.29. The summed E-state index contributed by atoms with van der Waals surface area (Å²) in [5.41, 5.74) is 2.96. The molecule has 4 rings (SSSR count). The summed E-state index contributed by atoms with van der Waals surface area (Å²) in [5.74, 6) is 0.321. The molecule has 1 fully saturated rings. The Bertz CT molecular complexity index is 1100. The Labute approximate surface area is 181 Å². The molecule has 1 aliphatic heterocycles. The number of nitrogens with zero attached hydrogens (tertiary/aromatic N) is 4. The third-order valence-electron chi connectivity index (χ3n) is 5.62. The molecule has 0 unspecified atom stereocenters. The summed E-state index contributed by atoms with van der Waals surface area (Å²) in [6.07, 6.45) is 7.10. The van der Waals surface area contributed by atoms with Crippen molar-refractivity contribution in [1.29, 1.82) is 0 Å². The van der Waals surface area contributed by atoms with Gasteiger partial charge in [0.25, 0.3) is 5.56 Å². The second-order valence-corrected chi connectivity index (χ2v) is 7.91. The maximum Gasteiger partial charge on any atom is 0.255 e.